The highest BCUT2D eigenvalue weighted by molar-refractivity contribution is 6.10. The highest BCUT2D eigenvalue weighted by Gasteiger charge is 2.65. The zero-order valence-corrected chi connectivity index (χ0v) is 20.1. The molecule has 2 unspecified atom stereocenters. The smallest absolute Gasteiger partial charge is 0.235 e. The minimum Gasteiger partial charge on any atom is -0.497 e. The largest absolute Gasteiger partial charge is 0.497 e. The van der Waals surface area contributed by atoms with Crippen molar-refractivity contribution in [2.45, 2.75) is 24.3 Å². The molecule has 0 radical (unpaired) electrons. The molecule has 0 saturated heterocycles. The molecule has 1 aliphatic carbocycles. The molecule has 1 spiro atoms. The highest BCUT2D eigenvalue weighted by Crippen LogP contribution is 2.65. The number of nitrogens with zero attached hydrogens (tertiary/aromatic N) is 2. The molecule has 4 aromatic rings. The van der Waals surface area contributed by atoms with E-state index in [0.717, 1.165) is 57.7 Å². The Morgan fingerprint density at radius 2 is 2.00 bits per heavy atom. The summed E-state index contributed by atoms with van der Waals surface area (Å²) in [6, 6.07) is 20.8. The van der Waals surface area contributed by atoms with Crippen LogP contribution in [0.2, 0.25) is 0 Å². The Bertz CT molecular complexity index is 1490. The van der Waals surface area contributed by atoms with Gasteiger partial charge in [-0.1, -0.05) is 42.5 Å². The first-order valence-electron chi connectivity index (χ1n) is 11.9. The number of ether oxygens (including phenoxy) is 1. The van der Waals surface area contributed by atoms with E-state index >= 15 is 0 Å². The topological polar surface area (TPSA) is 70.2 Å². The molecule has 2 atom stereocenters. The third-order valence-electron chi connectivity index (χ3n) is 7.22. The number of carbonyl (C=O) groups is 1. The molecule has 6 heteroatoms. The van der Waals surface area contributed by atoms with Crippen LogP contribution in [0.15, 0.2) is 60.7 Å². The van der Waals surface area contributed by atoms with E-state index in [1.54, 1.807) is 7.11 Å². The number of benzene rings is 3. The number of aromatic nitrogens is 2. The van der Waals surface area contributed by atoms with Gasteiger partial charge in [-0.25, -0.2) is 0 Å². The fraction of sp³-hybridized carbons (Fsp3) is 0.241. The number of anilines is 1. The normalized spacial score (nSPS) is 20.7. The summed E-state index contributed by atoms with van der Waals surface area (Å²) in [4.78, 5) is 15.1. The van der Waals surface area contributed by atoms with Crippen LogP contribution in [0.1, 0.15) is 40.3 Å². The number of hydrogen-bond donors (Lipinski definition) is 2. The molecule has 6 nitrogen and oxygen atoms in total. The van der Waals surface area contributed by atoms with Gasteiger partial charge in [-0.2, -0.15) is 5.10 Å². The van der Waals surface area contributed by atoms with Crippen molar-refractivity contribution >= 4 is 34.6 Å². The van der Waals surface area contributed by atoms with E-state index in [1.165, 1.54) is 5.56 Å². The van der Waals surface area contributed by atoms with Gasteiger partial charge >= 0.3 is 0 Å². The lowest BCUT2D eigenvalue weighted by atomic mass is 9.91. The molecule has 1 saturated carbocycles. The lowest BCUT2D eigenvalue weighted by Crippen LogP contribution is -2.21. The van der Waals surface area contributed by atoms with Crippen molar-refractivity contribution in [3.05, 3.63) is 88.6 Å². The fourth-order valence-corrected chi connectivity index (χ4v) is 5.44. The lowest BCUT2D eigenvalue weighted by molar-refractivity contribution is -0.118. The second kappa shape index (κ2) is 8.10. The predicted octanol–water partition coefficient (Wildman–Crippen LogP) is 5.18. The molecule has 1 aromatic heterocycles. The third kappa shape index (κ3) is 3.61. The maximum atomic E-state index is 13.0. The summed E-state index contributed by atoms with van der Waals surface area (Å²) in [5.41, 5.74) is 6.90. The van der Waals surface area contributed by atoms with Gasteiger partial charge in [-0.05, 0) is 73.1 Å². The van der Waals surface area contributed by atoms with Gasteiger partial charge < -0.3 is 15.0 Å². The Morgan fingerprint density at radius 1 is 1.11 bits per heavy atom. The number of amides is 1. The zero-order valence-electron chi connectivity index (χ0n) is 20.1. The summed E-state index contributed by atoms with van der Waals surface area (Å²) in [6.07, 6.45) is 4.96. The molecule has 1 aliphatic heterocycles. The van der Waals surface area contributed by atoms with Gasteiger partial charge in [0, 0.05) is 23.5 Å². The molecular formula is C29H28N4O2. The molecule has 1 amide bonds. The van der Waals surface area contributed by atoms with Crippen LogP contribution in [-0.2, 0) is 16.8 Å². The first kappa shape index (κ1) is 21.6. The van der Waals surface area contributed by atoms with E-state index in [2.05, 4.69) is 89.1 Å². The molecule has 2 N–H and O–H groups in total. The van der Waals surface area contributed by atoms with Gasteiger partial charge in [-0.15, -0.1) is 0 Å². The second-order valence-electron chi connectivity index (χ2n) is 9.82. The van der Waals surface area contributed by atoms with Gasteiger partial charge in [0.25, 0.3) is 0 Å². The highest BCUT2D eigenvalue weighted by atomic mass is 16.5. The monoisotopic (exact) mass is 464 g/mol. The van der Waals surface area contributed by atoms with Crippen LogP contribution in [0.25, 0.3) is 23.1 Å². The second-order valence-corrected chi connectivity index (χ2v) is 9.82. The maximum absolute atomic E-state index is 13.0. The van der Waals surface area contributed by atoms with Crippen molar-refractivity contribution in [1.29, 1.82) is 0 Å². The Hall–Kier alpha value is -3.90. The number of methoxy groups -OCH3 is 1. The van der Waals surface area contributed by atoms with E-state index in [9.17, 15) is 4.79 Å². The van der Waals surface area contributed by atoms with Crippen LogP contribution in [0.3, 0.4) is 0 Å². The Kier molecular flexibility index (Phi) is 5.00. The molecule has 2 aliphatic rings. The molecule has 0 bridgehead atoms. The number of aromatic amines is 1. The summed E-state index contributed by atoms with van der Waals surface area (Å²) in [5.74, 6) is 0.996. The van der Waals surface area contributed by atoms with Crippen molar-refractivity contribution in [3.63, 3.8) is 0 Å². The number of fused-ring (bicyclic) bond motifs is 3. The third-order valence-corrected chi connectivity index (χ3v) is 7.22. The van der Waals surface area contributed by atoms with Crippen molar-refractivity contribution in [2.75, 3.05) is 26.5 Å². The van der Waals surface area contributed by atoms with Crippen molar-refractivity contribution in [2.24, 2.45) is 0 Å². The Balaban J connectivity index is 1.27. The number of nitrogens with one attached hydrogen (secondary N) is 2. The molecule has 3 aromatic carbocycles. The average molecular weight is 465 g/mol. The average Bonchev–Trinajstić information content (AvgIpc) is 3.39. The van der Waals surface area contributed by atoms with Gasteiger partial charge in [0.1, 0.15) is 5.75 Å². The molecule has 176 valence electrons. The van der Waals surface area contributed by atoms with Crippen LogP contribution in [0.4, 0.5) is 5.69 Å². The minimum absolute atomic E-state index is 0.0792. The van der Waals surface area contributed by atoms with Crippen LogP contribution in [-0.4, -0.2) is 42.2 Å². The summed E-state index contributed by atoms with van der Waals surface area (Å²) >= 11 is 0. The summed E-state index contributed by atoms with van der Waals surface area (Å²) in [7, 11) is 5.80. The van der Waals surface area contributed by atoms with E-state index in [4.69, 9.17) is 4.74 Å². The first-order chi connectivity index (χ1) is 17.0. The molecular weight excluding hydrogens is 436 g/mol. The van der Waals surface area contributed by atoms with E-state index in [-0.39, 0.29) is 11.8 Å². The number of hydrogen-bond acceptors (Lipinski definition) is 4. The van der Waals surface area contributed by atoms with E-state index in [1.807, 2.05) is 18.2 Å². The van der Waals surface area contributed by atoms with Gasteiger partial charge in [0.05, 0.1) is 23.7 Å². The predicted molar refractivity (Wildman–Crippen MR) is 140 cm³/mol. The first-order valence-corrected chi connectivity index (χ1v) is 11.9. The van der Waals surface area contributed by atoms with Crippen LogP contribution >= 0.6 is 0 Å². The van der Waals surface area contributed by atoms with Crippen LogP contribution < -0.4 is 10.1 Å². The SMILES string of the molecule is COc1ccc2c(c1)C1(CC1c1ccc3c(/C=C/c4cccc(CN(C)C)c4)n[nH]c3c1)C(=O)N2. The standard InChI is InChI=1S/C29H28N4O2/c1-33(2)17-19-6-4-5-18(13-19)7-11-25-22-10-8-20(14-27(22)32-31-25)24-16-29(24)23-15-21(35-3)9-12-26(23)30-28(29)34/h4-15,24H,16-17H2,1-3H3,(H,30,34)(H,31,32)/b11-7+. The molecule has 1 fully saturated rings. The fourth-order valence-electron chi connectivity index (χ4n) is 5.44. The summed E-state index contributed by atoms with van der Waals surface area (Å²) in [6.45, 7) is 0.910. The van der Waals surface area contributed by atoms with Crippen molar-refractivity contribution in [1.82, 2.24) is 15.1 Å². The quantitative estimate of drug-likeness (QED) is 0.413. The van der Waals surface area contributed by atoms with Gasteiger partial charge in [-0.3, -0.25) is 9.89 Å². The van der Waals surface area contributed by atoms with E-state index < -0.39 is 5.41 Å². The van der Waals surface area contributed by atoms with Crippen molar-refractivity contribution in [3.8, 4) is 5.75 Å². The number of H-pyrrole nitrogens is 1. The van der Waals surface area contributed by atoms with Crippen molar-refractivity contribution < 1.29 is 9.53 Å². The molecule has 6 rings (SSSR count). The van der Waals surface area contributed by atoms with Gasteiger partial charge in [0.2, 0.25) is 5.91 Å². The Morgan fingerprint density at radius 3 is 2.83 bits per heavy atom. The van der Waals surface area contributed by atoms with Crippen LogP contribution in [0, 0.1) is 0 Å². The van der Waals surface area contributed by atoms with Crippen LogP contribution in [0.5, 0.6) is 5.75 Å². The molecule has 2 heterocycles. The summed E-state index contributed by atoms with van der Waals surface area (Å²) in [5, 5.41) is 11.9. The Labute approximate surface area is 204 Å². The van der Waals surface area contributed by atoms with E-state index in [0.29, 0.717) is 0 Å². The zero-order chi connectivity index (χ0) is 24.2. The number of carbonyl (C=O) groups excluding carboxylic acids is 1. The summed E-state index contributed by atoms with van der Waals surface area (Å²) < 4.78 is 5.41. The van der Waals surface area contributed by atoms with Gasteiger partial charge in [0.15, 0.2) is 0 Å². The number of rotatable bonds is 6. The molecule has 35 heavy (non-hydrogen) atoms. The maximum Gasteiger partial charge on any atom is 0.235 e. The lowest BCUT2D eigenvalue weighted by Gasteiger charge is -2.10. The minimum atomic E-state index is -0.502.